The highest BCUT2D eigenvalue weighted by Crippen LogP contribution is 2.31. The van der Waals surface area contributed by atoms with Crippen molar-refractivity contribution in [3.63, 3.8) is 0 Å². The molecule has 8 nitrogen and oxygen atoms in total. The minimum atomic E-state index is -1.11. The second kappa shape index (κ2) is 8.15. The van der Waals surface area contributed by atoms with Crippen LogP contribution in [0, 0.1) is 15.9 Å². The summed E-state index contributed by atoms with van der Waals surface area (Å²) in [4.78, 5) is 22.5. The van der Waals surface area contributed by atoms with Crippen LogP contribution >= 0.6 is 0 Å². The molecule has 9 heteroatoms. The summed E-state index contributed by atoms with van der Waals surface area (Å²) in [7, 11) is 2.94. The van der Waals surface area contributed by atoms with Gasteiger partial charge in [-0.15, -0.1) is 0 Å². The summed E-state index contributed by atoms with van der Waals surface area (Å²) in [6, 6.07) is 7.53. The summed E-state index contributed by atoms with van der Waals surface area (Å²) in [5, 5.41) is 13.6. The Morgan fingerprint density at radius 2 is 1.81 bits per heavy atom. The third-order valence-corrected chi connectivity index (χ3v) is 3.44. The number of amides is 1. The lowest BCUT2D eigenvalue weighted by molar-refractivity contribution is -0.386. The van der Waals surface area contributed by atoms with Crippen molar-refractivity contribution in [2.45, 2.75) is 13.0 Å². The highest BCUT2D eigenvalue weighted by atomic mass is 19.1. The molecule has 2 aromatic carbocycles. The molecule has 0 radical (unpaired) electrons. The number of nitrogens with one attached hydrogen (secondary N) is 1. The van der Waals surface area contributed by atoms with Crippen molar-refractivity contribution in [3.05, 3.63) is 52.3 Å². The van der Waals surface area contributed by atoms with Gasteiger partial charge in [0.1, 0.15) is 5.82 Å². The first-order valence-electron chi connectivity index (χ1n) is 7.49. The lowest BCUT2D eigenvalue weighted by Gasteiger charge is -2.15. The molecule has 1 N–H and O–H groups in total. The standard InChI is InChI=1S/C17H17FN2O6/c1-10(26-15-8-11(18)4-6-13(15)20(22)23)17(21)19-12-5-7-14(24-2)16(9-12)25-3/h4-10H,1-3H3,(H,19,21). The fourth-order valence-electron chi connectivity index (χ4n) is 2.14. The van der Waals surface area contributed by atoms with Gasteiger partial charge in [-0.2, -0.15) is 0 Å². The summed E-state index contributed by atoms with van der Waals surface area (Å²) < 4.78 is 28.9. The van der Waals surface area contributed by atoms with Gasteiger partial charge in [-0.25, -0.2) is 4.39 Å². The minimum Gasteiger partial charge on any atom is -0.493 e. The van der Waals surface area contributed by atoms with Crippen LogP contribution in [0.1, 0.15) is 6.92 Å². The van der Waals surface area contributed by atoms with Gasteiger partial charge < -0.3 is 19.5 Å². The quantitative estimate of drug-likeness (QED) is 0.598. The first-order valence-corrected chi connectivity index (χ1v) is 7.49. The average molecular weight is 364 g/mol. The molecule has 1 amide bonds. The van der Waals surface area contributed by atoms with Crippen LogP contribution in [0.4, 0.5) is 15.8 Å². The van der Waals surface area contributed by atoms with Crippen molar-refractivity contribution in [1.82, 2.24) is 0 Å². The molecule has 0 saturated heterocycles. The van der Waals surface area contributed by atoms with Gasteiger partial charge >= 0.3 is 5.69 Å². The molecule has 138 valence electrons. The van der Waals surface area contributed by atoms with Crippen molar-refractivity contribution in [1.29, 1.82) is 0 Å². The number of nitrogens with zero attached hydrogens (tertiary/aromatic N) is 1. The van der Waals surface area contributed by atoms with Crippen LogP contribution in [-0.2, 0) is 4.79 Å². The summed E-state index contributed by atoms with van der Waals surface area (Å²) >= 11 is 0. The van der Waals surface area contributed by atoms with E-state index in [9.17, 15) is 19.3 Å². The normalized spacial score (nSPS) is 11.4. The van der Waals surface area contributed by atoms with Crippen LogP contribution in [0.25, 0.3) is 0 Å². The molecule has 0 heterocycles. The number of ether oxygens (including phenoxy) is 3. The van der Waals surface area contributed by atoms with E-state index in [1.165, 1.54) is 21.1 Å². The van der Waals surface area contributed by atoms with Crippen molar-refractivity contribution in [2.24, 2.45) is 0 Å². The topological polar surface area (TPSA) is 99.9 Å². The Morgan fingerprint density at radius 1 is 1.12 bits per heavy atom. The van der Waals surface area contributed by atoms with E-state index in [4.69, 9.17) is 14.2 Å². The van der Waals surface area contributed by atoms with Crippen LogP contribution in [-0.4, -0.2) is 31.2 Å². The molecule has 0 aromatic heterocycles. The van der Waals surface area contributed by atoms with Gasteiger partial charge in [0, 0.05) is 23.9 Å². The number of rotatable bonds is 7. The van der Waals surface area contributed by atoms with Crippen LogP contribution in [0.5, 0.6) is 17.2 Å². The Hall–Kier alpha value is -3.36. The largest absolute Gasteiger partial charge is 0.493 e. The van der Waals surface area contributed by atoms with Crippen LogP contribution in [0.2, 0.25) is 0 Å². The Morgan fingerprint density at radius 3 is 2.42 bits per heavy atom. The number of nitro benzene ring substituents is 1. The third kappa shape index (κ3) is 4.38. The zero-order valence-corrected chi connectivity index (χ0v) is 14.3. The SMILES string of the molecule is COc1ccc(NC(=O)C(C)Oc2cc(F)ccc2[N+](=O)[O-])cc1OC. The molecule has 2 aromatic rings. The third-order valence-electron chi connectivity index (χ3n) is 3.44. The van der Waals surface area contributed by atoms with E-state index in [2.05, 4.69) is 5.32 Å². The van der Waals surface area contributed by atoms with Gasteiger partial charge in [-0.05, 0) is 25.1 Å². The van der Waals surface area contributed by atoms with E-state index in [0.717, 1.165) is 18.2 Å². The van der Waals surface area contributed by atoms with Gasteiger partial charge in [0.05, 0.1) is 19.1 Å². The number of hydrogen-bond acceptors (Lipinski definition) is 6. The van der Waals surface area contributed by atoms with Crippen molar-refractivity contribution >= 4 is 17.3 Å². The number of anilines is 1. The van der Waals surface area contributed by atoms with E-state index in [1.54, 1.807) is 18.2 Å². The Kier molecular flexibility index (Phi) is 5.94. The second-order valence-corrected chi connectivity index (χ2v) is 5.19. The van der Waals surface area contributed by atoms with Crippen molar-refractivity contribution in [3.8, 4) is 17.2 Å². The average Bonchev–Trinajstić information content (AvgIpc) is 2.61. The first kappa shape index (κ1) is 19.0. The predicted molar refractivity (Wildman–Crippen MR) is 91.3 cm³/mol. The predicted octanol–water partition coefficient (Wildman–Crippen LogP) is 3.16. The van der Waals surface area contributed by atoms with Gasteiger partial charge in [0.25, 0.3) is 5.91 Å². The number of halogens is 1. The number of carbonyl (C=O) groups excluding carboxylic acids is 1. The molecular weight excluding hydrogens is 347 g/mol. The van der Waals surface area contributed by atoms with Gasteiger partial charge in [0.2, 0.25) is 5.75 Å². The Bertz CT molecular complexity index is 827. The Labute approximate surface area is 148 Å². The van der Waals surface area contributed by atoms with Gasteiger partial charge in [0.15, 0.2) is 17.6 Å². The highest BCUT2D eigenvalue weighted by molar-refractivity contribution is 5.94. The lowest BCUT2D eigenvalue weighted by atomic mass is 10.2. The van der Waals surface area contributed by atoms with Crippen LogP contribution in [0.15, 0.2) is 36.4 Å². The molecule has 1 atom stereocenters. The molecule has 0 saturated carbocycles. The first-order chi connectivity index (χ1) is 12.3. The maximum atomic E-state index is 13.3. The van der Waals surface area contributed by atoms with Crippen molar-refractivity contribution in [2.75, 3.05) is 19.5 Å². The Balaban J connectivity index is 2.13. The van der Waals surface area contributed by atoms with Gasteiger partial charge in [-0.3, -0.25) is 14.9 Å². The van der Waals surface area contributed by atoms with Gasteiger partial charge in [-0.1, -0.05) is 0 Å². The van der Waals surface area contributed by atoms with E-state index < -0.39 is 28.4 Å². The molecule has 0 aliphatic carbocycles. The van der Waals surface area contributed by atoms with Crippen LogP contribution < -0.4 is 19.5 Å². The molecule has 0 spiro atoms. The summed E-state index contributed by atoms with van der Waals surface area (Å²) in [6.07, 6.45) is -1.11. The molecule has 0 aliphatic heterocycles. The summed E-state index contributed by atoms with van der Waals surface area (Å²) in [5.41, 5.74) is -0.0194. The lowest BCUT2D eigenvalue weighted by Crippen LogP contribution is -2.30. The molecule has 0 fully saturated rings. The zero-order valence-electron chi connectivity index (χ0n) is 14.3. The zero-order chi connectivity index (χ0) is 19.3. The van der Waals surface area contributed by atoms with E-state index in [1.807, 2.05) is 0 Å². The maximum Gasteiger partial charge on any atom is 0.311 e. The molecule has 2 rings (SSSR count). The van der Waals surface area contributed by atoms with Crippen LogP contribution in [0.3, 0.4) is 0 Å². The molecule has 26 heavy (non-hydrogen) atoms. The summed E-state index contributed by atoms with van der Waals surface area (Å²) in [6.45, 7) is 1.39. The van der Waals surface area contributed by atoms with E-state index in [0.29, 0.717) is 17.2 Å². The van der Waals surface area contributed by atoms with Crippen molar-refractivity contribution < 1.29 is 28.3 Å². The molecular formula is C17H17FN2O6. The number of carbonyl (C=O) groups is 1. The maximum absolute atomic E-state index is 13.3. The van der Waals surface area contributed by atoms with E-state index in [-0.39, 0.29) is 5.75 Å². The minimum absolute atomic E-state index is 0.329. The fourth-order valence-corrected chi connectivity index (χ4v) is 2.14. The monoisotopic (exact) mass is 364 g/mol. The smallest absolute Gasteiger partial charge is 0.311 e. The van der Waals surface area contributed by atoms with E-state index >= 15 is 0 Å². The number of nitro groups is 1. The summed E-state index contributed by atoms with van der Waals surface area (Å²) in [5.74, 6) is -0.705. The molecule has 1 unspecified atom stereocenters. The molecule has 0 aliphatic rings. The second-order valence-electron chi connectivity index (χ2n) is 5.19. The number of hydrogen-bond donors (Lipinski definition) is 1. The highest BCUT2D eigenvalue weighted by Gasteiger charge is 2.22. The molecule has 0 bridgehead atoms. The number of methoxy groups -OCH3 is 2. The number of benzene rings is 2. The fraction of sp³-hybridized carbons (Fsp3) is 0.235.